The van der Waals surface area contributed by atoms with E-state index in [1.54, 1.807) is 4.90 Å². The highest BCUT2D eigenvalue weighted by Crippen LogP contribution is 2.49. The molecule has 4 rings (SSSR count). The van der Waals surface area contributed by atoms with Crippen LogP contribution < -0.4 is 10.2 Å². The Hall–Kier alpha value is -1.06. The van der Waals surface area contributed by atoms with Gasteiger partial charge in [-0.15, -0.1) is 0 Å². The fraction of sp³-hybridized carbons (Fsp3) is 0.667. The minimum absolute atomic E-state index is 0.309. The molecule has 1 amide bonds. The lowest BCUT2D eigenvalue weighted by Crippen LogP contribution is -3.12. The van der Waals surface area contributed by atoms with Crippen molar-refractivity contribution < 1.29 is 9.69 Å². The van der Waals surface area contributed by atoms with E-state index in [1.165, 1.54) is 31.2 Å². The molecule has 3 fully saturated rings. The molecule has 3 atom stereocenters. The van der Waals surface area contributed by atoms with Crippen molar-refractivity contribution in [1.29, 1.82) is 0 Å². The number of likely N-dealkylation sites (tertiary alicyclic amines) is 1. The molecular weight excluding hydrogens is 332 g/mol. The van der Waals surface area contributed by atoms with Crippen molar-refractivity contribution in [2.75, 3.05) is 13.1 Å². The van der Waals surface area contributed by atoms with E-state index in [4.69, 9.17) is 11.6 Å². The van der Waals surface area contributed by atoms with Gasteiger partial charge in [-0.1, -0.05) is 30.2 Å². The highest BCUT2D eigenvalue weighted by molar-refractivity contribution is 6.30. The molecule has 3 nitrogen and oxygen atoms in total. The SMILES string of the molecule is O=C(C[C@H]1C[C@H]2CC[C@@H]1C2)NC1CC[NH+](Cc2ccc(Cl)cc2)CC1. The zero-order chi connectivity index (χ0) is 17.2. The molecular formula is C21H30ClN2O+. The summed E-state index contributed by atoms with van der Waals surface area (Å²) >= 11 is 5.96. The van der Waals surface area contributed by atoms with Crippen LogP contribution in [0.15, 0.2) is 24.3 Å². The Labute approximate surface area is 156 Å². The van der Waals surface area contributed by atoms with Crippen LogP contribution in [0.2, 0.25) is 5.02 Å². The molecule has 1 saturated heterocycles. The number of piperidine rings is 1. The third-order valence-electron chi connectivity index (χ3n) is 6.76. The van der Waals surface area contributed by atoms with E-state index in [0.29, 0.717) is 17.9 Å². The van der Waals surface area contributed by atoms with Gasteiger partial charge in [-0.2, -0.15) is 0 Å². The van der Waals surface area contributed by atoms with E-state index in [0.717, 1.165) is 55.8 Å². The summed E-state index contributed by atoms with van der Waals surface area (Å²) in [6.07, 6.45) is 8.47. The number of nitrogens with one attached hydrogen (secondary N) is 2. The van der Waals surface area contributed by atoms with Crippen molar-refractivity contribution in [3.05, 3.63) is 34.9 Å². The minimum atomic E-state index is 0.309. The number of carbonyl (C=O) groups excluding carboxylic acids is 1. The van der Waals surface area contributed by atoms with Gasteiger partial charge in [0.2, 0.25) is 5.91 Å². The van der Waals surface area contributed by atoms with E-state index < -0.39 is 0 Å². The Kier molecular flexibility index (Phi) is 5.33. The van der Waals surface area contributed by atoms with E-state index in [1.807, 2.05) is 12.1 Å². The number of fused-ring (bicyclic) bond motifs is 2. The summed E-state index contributed by atoms with van der Waals surface area (Å²) < 4.78 is 0. The van der Waals surface area contributed by atoms with E-state index in [-0.39, 0.29) is 0 Å². The Bertz CT molecular complexity index is 594. The molecule has 136 valence electrons. The van der Waals surface area contributed by atoms with E-state index in [2.05, 4.69) is 17.4 Å². The maximum atomic E-state index is 12.4. The predicted octanol–water partition coefficient (Wildman–Crippen LogP) is 2.83. The van der Waals surface area contributed by atoms with Crippen molar-refractivity contribution in [1.82, 2.24) is 5.32 Å². The van der Waals surface area contributed by atoms with Crippen molar-refractivity contribution in [3.8, 4) is 0 Å². The summed E-state index contributed by atoms with van der Waals surface area (Å²) in [5, 5.41) is 4.13. The Balaban J connectivity index is 1.18. The topological polar surface area (TPSA) is 33.5 Å². The van der Waals surface area contributed by atoms with Gasteiger partial charge in [0, 0.05) is 35.9 Å². The smallest absolute Gasteiger partial charge is 0.220 e. The molecule has 1 aliphatic heterocycles. The molecule has 2 saturated carbocycles. The monoisotopic (exact) mass is 361 g/mol. The third-order valence-corrected chi connectivity index (χ3v) is 7.01. The van der Waals surface area contributed by atoms with Gasteiger partial charge >= 0.3 is 0 Å². The lowest BCUT2D eigenvalue weighted by atomic mass is 9.86. The molecule has 0 spiro atoms. The molecule has 2 N–H and O–H groups in total. The number of benzene rings is 1. The number of halogens is 1. The Morgan fingerprint density at radius 1 is 1.08 bits per heavy atom. The number of amides is 1. The van der Waals surface area contributed by atoms with Crippen LogP contribution >= 0.6 is 11.6 Å². The minimum Gasteiger partial charge on any atom is -0.353 e. The standard InChI is InChI=1S/C21H29ClN2O/c22-19-5-2-15(3-6-19)14-24-9-7-20(8-10-24)23-21(25)13-18-12-16-1-4-17(18)11-16/h2-3,5-6,16-18,20H,1,4,7-14H2,(H,23,25)/p+1/t16-,17+,18+/m0/s1. The summed E-state index contributed by atoms with van der Waals surface area (Å²) in [7, 11) is 0. The summed E-state index contributed by atoms with van der Waals surface area (Å²) in [4.78, 5) is 14.0. The van der Waals surface area contributed by atoms with Crippen LogP contribution in [-0.2, 0) is 11.3 Å². The second kappa shape index (κ2) is 7.67. The highest BCUT2D eigenvalue weighted by atomic mass is 35.5. The van der Waals surface area contributed by atoms with Crippen LogP contribution in [0.5, 0.6) is 0 Å². The molecule has 2 aliphatic carbocycles. The molecule has 25 heavy (non-hydrogen) atoms. The second-order valence-corrected chi connectivity index (χ2v) is 8.97. The largest absolute Gasteiger partial charge is 0.353 e. The van der Waals surface area contributed by atoms with Gasteiger partial charge in [-0.05, 0) is 49.1 Å². The first-order valence-corrected chi connectivity index (χ1v) is 10.4. The van der Waals surface area contributed by atoms with Gasteiger partial charge in [0.15, 0.2) is 0 Å². The molecule has 0 unspecified atom stereocenters. The first kappa shape index (κ1) is 17.4. The van der Waals surface area contributed by atoms with Crippen molar-refractivity contribution in [2.24, 2.45) is 17.8 Å². The first-order valence-electron chi connectivity index (χ1n) is 10.0. The molecule has 0 radical (unpaired) electrons. The number of rotatable bonds is 5. The predicted molar refractivity (Wildman–Crippen MR) is 101 cm³/mol. The highest BCUT2D eigenvalue weighted by Gasteiger charge is 2.40. The van der Waals surface area contributed by atoms with Crippen LogP contribution in [0.3, 0.4) is 0 Å². The van der Waals surface area contributed by atoms with Gasteiger partial charge < -0.3 is 10.2 Å². The van der Waals surface area contributed by atoms with Crippen LogP contribution in [0.25, 0.3) is 0 Å². The first-order chi connectivity index (χ1) is 12.2. The second-order valence-electron chi connectivity index (χ2n) is 8.53. The Morgan fingerprint density at radius 3 is 2.48 bits per heavy atom. The molecule has 0 aromatic heterocycles. The van der Waals surface area contributed by atoms with E-state index >= 15 is 0 Å². The fourth-order valence-electron chi connectivity index (χ4n) is 5.39. The van der Waals surface area contributed by atoms with Gasteiger partial charge in [0.1, 0.15) is 6.54 Å². The number of carbonyl (C=O) groups is 1. The zero-order valence-corrected chi connectivity index (χ0v) is 15.7. The summed E-state index contributed by atoms with van der Waals surface area (Å²) in [6.45, 7) is 3.34. The molecule has 4 heteroatoms. The number of hydrogen-bond donors (Lipinski definition) is 2. The van der Waals surface area contributed by atoms with Crippen molar-refractivity contribution in [2.45, 2.75) is 57.5 Å². The average Bonchev–Trinajstić information content (AvgIpc) is 3.21. The maximum absolute atomic E-state index is 12.4. The molecule has 1 aromatic rings. The fourth-order valence-corrected chi connectivity index (χ4v) is 5.52. The third kappa shape index (κ3) is 4.38. The number of hydrogen-bond acceptors (Lipinski definition) is 1. The lowest BCUT2D eigenvalue weighted by Gasteiger charge is -2.30. The molecule has 1 heterocycles. The molecule has 2 bridgehead atoms. The maximum Gasteiger partial charge on any atom is 0.220 e. The zero-order valence-electron chi connectivity index (χ0n) is 15.0. The van der Waals surface area contributed by atoms with Gasteiger partial charge in [-0.3, -0.25) is 4.79 Å². The number of quaternary nitrogens is 1. The van der Waals surface area contributed by atoms with Gasteiger partial charge in [0.25, 0.3) is 0 Å². The summed E-state index contributed by atoms with van der Waals surface area (Å²) in [5.74, 6) is 2.77. The van der Waals surface area contributed by atoms with Crippen LogP contribution in [-0.4, -0.2) is 25.0 Å². The van der Waals surface area contributed by atoms with Gasteiger partial charge in [-0.25, -0.2) is 0 Å². The molecule has 3 aliphatic rings. The summed E-state index contributed by atoms with van der Waals surface area (Å²) in [5.41, 5.74) is 1.35. The normalized spacial score (nSPS) is 34.2. The Morgan fingerprint density at radius 2 is 1.84 bits per heavy atom. The van der Waals surface area contributed by atoms with Crippen LogP contribution in [0, 0.1) is 17.8 Å². The summed E-state index contributed by atoms with van der Waals surface area (Å²) in [6, 6.07) is 8.58. The van der Waals surface area contributed by atoms with Gasteiger partial charge in [0.05, 0.1) is 13.1 Å². The van der Waals surface area contributed by atoms with Crippen molar-refractivity contribution >= 4 is 17.5 Å². The van der Waals surface area contributed by atoms with Crippen LogP contribution in [0.1, 0.15) is 50.5 Å². The molecule has 1 aromatic carbocycles. The van der Waals surface area contributed by atoms with Crippen LogP contribution in [0.4, 0.5) is 0 Å². The van der Waals surface area contributed by atoms with E-state index in [9.17, 15) is 4.79 Å². The quantitative estimate of drug-likeness (QED) is 0.830. The van der Waals surface area contributed by atoms with Crippen molar-refractivity contribution in [3.63, 3.8) is 0 Å². The lowest BCUT2D eigenvalue weighted by molar-refractivity contribution is -0.918. The average molecular weight is 362 g/mol.